The average Bonchev–Trinajstić information content (AvgIpc) is 2.89. The van der Waals surface area contributed by atoms with Gasteiger partial charge in [0.25, 0.3) is 5.09 Å². The van der Waals surface area contributed by atoms with Crippen molar-refractivity contribution in [1.82, 2.24) is 9.80 Å². The van der Waals surface area contributed by atoms with Crippen molar-refractivity contribution >= 4 is 11.8 Å². The lowest BCUT2D eigenvalue weighted by molar-refractivity contribution is -0.757. The topological polar surface area (TPSA) is 102 Å². The van der Waals surface area contributed by atoms with Crippen LogP contribution in [-0.4, -0.2) is 79.1 Å². The van der Waals surface area contributed by atoms with E-state index in [4.69, 9.17) is 4.74 Å². The normalized spacial score (nSPS) is 15.3. The number of hydrogen-bond acceptors (Lipinski definition) is 8. The number of ketones is 1. The number of hydrogen-bond donors (Lipinski definition) is 0. The molecule has 1 aliphatic heterocycles. The zero-order valence-electron chi connectivity index (χ0n) is 20.1. The molecule has 2 aromatic rings. The second-order valence-corrected chi connectivity index (χ2v) is 8.66. The molecule has 9 heteroatoms. The molecule has 0 radical (unpaired) electrons. The highest BCUT2D eigenvalue weighted by Gasteiger charge is 2.20. The summed E-state index contributed by atoms with van der Waals surface area (Å²) in [5.74, 6) is -0.824. The van der Waals surface area contributed by atoms with Gasteiger partial charge in [-0.1, -0.05) is 48.5 Å². The molecule has 0 aliphatic carbocycles. The summed E-state index contributed by atoms with van der Waals surface area (Å²) < 4.78 is 5.51. The Balaban J connectivity index is 1.35. The molecule has 2 aromatic carbocycles. The highest BCUT2D eigenvalue weighted by molar-refractivity contribution is 6.09. The Labute approximate surface area is 205 Å². The van der Waals surface area contributed by atoms with E-state index in [0.717, 1.165) is 51.3 Å². The van der Waals surface area contributed by atoms with Crippen LogP contribution in [0.1, 0.15) is 47.2 Å². The van der Waals surface area contributed by atoms with Crippen molar-refractivity contribution in [2.75, 3.05) is 52.5 Å². The Morgan fingerprint density at radius 1 is 0.914 bits per heavy atom. The van der Waals surface area contributed by atoms with Gasteiger partial charge in [-0.2, -0.15) is 0 Å². The first kappa shape index (κ1) is 26.3. The van der Waals surface area contributed by atoms with Gasteiger partial charge in [-0.25, -0.2) is 0 Å². The number of rotatable bonds is 13. The van der Waals surface area contributed by atoms with Crippen molar-refractivity contribution in [3.8, 4) is 0 Å². The zero-order valence-corrected chi connectivity index (χ0v) is 20.1. The maximum absolute atomic E-state index is 12.7. The molecule has 1 heterocycles. The second kappa shape index (κ2) is 13.6. The van der Waals surface area contributed by atoms with E-state index < -0.39 is 11.0 Å². The summed E-state index contributed by atoms with van der Waals surface area (Å²) in [6.07, 6.45) is 1.39. The molecule has 1 atom stereocenters. The molecule has 0 bridgehead atoms. The Kier molecular flexibility index (Phi) is 10.2. The van der Waals surface area contributed by atoms with Crippen LogP contribution in [0.15, 0.2) is 54.6 Å². The Bertz CT molecular complexity index is 976. The third-order valence-corrected chi connectivity index (χ3v) is 6.18. The third kappa shape index (κ3) is 8.45. The van der Waals surface area contributed by atoms with Crippen molar-refractivity contribution in [3.63, 3.8) is 0 Å². The molecule has 0 unspecified atom stereocenters. The predicted octanol–water partition coefficient (Wildman–Crippen LogP) is 3.17. The quantitative estimate of drug-likeness (QED) is 0.141. The van der Waals surface area contributed by atoms with Crippen LogP contribution >= 0.6 is 0 Å². The Morgan fingerprint density at radius 2 is 1.51 bits per heavy atom. The molecule has 188 valence electrons. The second-order valence-electron chi connectivity index (χ2n) is 8.66. The molecule has 1 fully saturated rings. The lowest BCUT2D eigenvalue weighted by Crippen LogP contribution is -2.47. The summed E-state index contributed by atoms with van der Waals surface area (Å²) in [6, 6.07) is 16.3. The van der Waals surface area contributed by atoms with E-state index in [1.54, 1.807) is 37.3 Å². The largest absolute Gasteiger partial charge is 0.465 e. The van der Waals surface area contributed by atoms with Crippen LogP contribution in [0, 0.1) is 10.1 Å². The van der Waals surface area contributed by atoms with Crippen molar-refractivity contribution in [2.45, 2.75) is 25.7 Å². The van der Waals surface area contributed by atoms with Crippen molar-refractivity contribution in [3.05, 3.63) is 81.4 Å². The highest BCUT2D eigenvalue weighted by Crippen LogP contribution is 2.20. The molecule has 1 aliphatic rings. The van der Waals surface area contributed by atoms with E-state index in [1.807, 2.05) is 24.3 Å². The van der Waals surface area contributed by atoms with Gasteiger partial charge in [-0.3, -0.25) is 9.59 Å². The lowest BCUT2D eigenvalue weighted by atomic mass is 9.96. The molecular weight excluding hydrogens is 450 g/mol. The van der Waals surface area contributed by atoms with E-state index in [2.05, 4.69) is 14.6 Å². The van der Waals surface area contributed by atoms with Gasteiger partial charge in [0, 0.05) is 50.4 Å². The van der Waals surface area contributed by atoms with Crippen LogP contribution in [0.4, 0.5) is 0 Å². The van der Waals surface area contributed by atoms with Crippen molar-refractivity contribution in [1.29, 1.82) is 0 Å². The molecule has 0 aromatic heterocycles. The Hall–Kier alpha value is -3.30. The number of esters is 1. The first-order chi connectivity index (χ1) is 16.9. The van der Waals surface area contributed by atoms with Gasteiger partial charge in [-0.05, 0) is 31.4 Å². The van der Waals surface area contributed by atoms with E-state index in [-0.39, 0.29) is 18.4 Å². The zero-order chi connectivity index (χ0) is 25.0. The molecule has 0 N–H and O–H groups in total. The summed E-state index contributed by atoms with van der Waals surface area (Å²) >= 11 is 0. The molecule has 3 rings (SSSR count). The van der Waals surface area contributed by atoms with Gasteiger partial charge in [0.2, 0.25) is 0 Å². The van der Waals surface area contributed by atoms with E-state index >= 15 is 0 Å². The maximum Gasteiger partial charge on any atom is 0.313 e. The standard InChI is InChI=1S/C26H33N3O6/c1-21(23-10-5-11-24(20-23)25(30)22-8-3-2-4-9-22)26(31)34-18-6-12-27-14-16-28(17-15-27)13-7-19-35-29(32)33/h2-5,8-11,20-21H,6-7,12-19H2,1H3/t21-/m0/s1. The molecule has 0 amide bonds. The monoisotopic (exact) mass is 483 g/mol. The lowest BCUT2D eigenvalue weighted by Gasteiger charge is -2.34. The number of carbonyl (C=O) groups is 2. The van der Waals surface area contributed by atoms with Crippen LogP contribution in [0.5, 0.6) is 0 Å². The fourth-order valence-corrected chi connectivity index (χ4v) is 4.09. The fourth-order valence-electron chi connectivity index (χ4n) is 4.09. The van der Waals surface area contributed by atoms with Crippen molar-refractivity contribution < 1.29 is 24.3 Å². The molecule has 0 saturated carbocycles. The van der Waals surface area contributed by atoms with Gasteiger partial charge in [0.05, 0.1) is 19.1 Å². The van der Waals surface area contributed by atoms with Crippen LogP contribution in [-0.2, 0) is 14.4 Å². The first-order valence-corrected chi connectivity index (χ1v) is 12.0. The molecular formula is C26H33N3O6. The van der Waals surface area contributed by atoms with Gasteiger partial charge in [0.15, 0.2) is 5.78 Å². The maximum atomic E-state index is 12.7. The van der Waals surface area contributed by atoms with E-state index in [1.165, 1.54) is 0 Å². The minimum atomic E-state index is -0.754. The molecule has 0 spiro atoms. The summed E-state index contributed by atoms with van der Waals surface area (Å²) in [5, 5.41) is 9.42. The van der Waals surface area contributed by atoms with Crippen LogP contribution in [0.25, 0.3) is 0 Å². The van der Waals surface area contributed by atoms with E-state index in [0.29, 0.717) is 24.2 Å². The number of piperazine rings is 1. The first-order valence-electron chi connectivity index (χ1n) is 12.0. The van der Waals surface area contributed by atoms with E-state index in [9.17, 15) is 19.7 Å². The van der Waals surface area contributed by atoms with Gasteiger partial charge < -0.3 is 19.4 Å². The Morgan fingerprint density at radius 3 is 2.14 bits per heavy atom. The summed E-state index contributed by atoms with van der Waals surface area (Å²) in [6.45, 7) is 7.57. The summed E-state index contributed by atoms with van der Waals surface area (Å²) in [7, 11) is 0. The average molecular weight is 484 g/mol. The number of nitrogens with zero attached hydrogens (tertiary/aromatic N) is 3. The van der Waals surface area contributed by atoms with Gasteiger partial charge in [-0.15, -0.1) is 10.1 Å². The smallest absolute Gasteiger partial charge is 0.313 e. The van der Waals surface area contributed by atoms with Crippen LogP contribution in [0.2, 0.25) is 0 Å². The van der Waals surface area contributed by atoms with Gasteiger partial charge in [0.1, 0.15) is 0 Å². The SMILES string of the molecule is C[C@H](C(=O)OCCCN1CCN(CCCO[N+](=O)[O-])CC1)c1cccc(C(=O)c2ccccc2)c1. The highest BCUT2D eigenvalue weighted by atomic mass is 16.9. The van der Waals surface area contributed by atoms with Crippen LogP contribution in [0.3, 0.4) is 0 Å². The minimum absolute atomic E-state index is 0.0713. The number of carbonyl (C=O) groups excluding carboxylic acids is 2. The predicted molar refractivity (Wildman–Crippen MR) is 131 cm³/mol. The van der Waals surface area contributed by atoms with Gasteiger partial charge >= 0.3 is 5.97 Å². The fraction of sp³-hybridized carbons (Fsp3) is 0.462. The summed E-state index contributed by atoms with van der Waals surface area (Å²) in [4.78, 5) is 44.4. The number of ether oxygens (including phenoxy) is 1. The molecule has 35 heavy (non-hydrogen) atoms. The summed E-state index contributed by atoms with van der Waals surface area (Å²) in [5.41, 5.74) is 1.93. The molecule has 9 nitrogen and oxygen atoms in total. The number of benzene rings is 2. The molecule has 1 saturated heterocycles. The van der Waals surface area contributed by atoms with Crippen molar-refractivity contribution in [2.24, 2.45) is 0 Å². The minimum Gasteiger partial charge on any atom is -0.465 e. The van der Waals surface area contributed by atoms with Crippen LogP contribution < -0.4 is 0 Å². The third-order valence-electron chi connectivity index (χ3n) is 6.18.